The average Bonchev–Trinajstić information content (AvgIpc) is 2.32. The third-order valence-electron chi connectivity index (χ3n) is 2.94. The van der Waals surface area contributed by atoms with E-state index in [0.717, 1.165) is 18.7 Å². The fraction of sp³-hybridized carbons (Fsp3) is 0.417. The van der Waals surface area contributed by atoms with Gasteiger partial charge in [-0.2, -0.15) is 0 Å². The maximum atomic E-state index is 11.1. The van der Waals surface area contributed by atoms with Crippen molar-refractivity contribution in [2.45, 2.75) is 12.6 Å². The molecule has 1 aliphatic heterocycles. The minimum absolute atomic E-state index is 0.445. The number of carboxylic acid groups (broad SMARTS) is 1. The van der Waals surface area contributed by atoms with Crippen molar-refractivity contribution >= 4 is 17.6 Å². The molecule has 4 nitrogen and oxygen atoms in total. The standard InChI is InChI=1S/C12H15ClN2O2/c13-10-3-1-9(2-4-10)8-15-6-5-14-7-11(15)12(16)17/h1-4,11,14H,5-8H2,(H,16,17)/t11-/m1/s1. The number of nitrogens with one attached hydrogen (secondary N) is 1. The van der Waals surface area contributed by atoms with Crippen molar-refractivity contribution < 1.29 is 9.90 Å². The molecular formula is C12H15ClN2O2. The number of carbonyl (C=O) groups is 1. The fourth-order valence-electron chi connectivity index (χ4n) is 2.00. The molecule has 0 aliphatic carbocycles. The maximum Gasteiger partial charge on any atom is 0.322 e. The number of piperazine rings is 1. The molecule has 0 radical (unpaired) electrons. The SMILES string of the molecule is O=C(O)[C@H]1CNCCN1Cc1ccc(Cl)cc1. The van der Waals surface area contributed by atoms with E-state index in [4.69, 9.17) is 16.7 Å². The van der Waals surface area contributed by atoms with Crippen LogP contribution in [0.3, 0.4) is 0 Å². The summed E-state index contributed by atoms with van der Waals surface area (Å²) in [6.45, 7) is 2.73. The Morgan fingerprint density at radius 3 is 2.82 bits per heavy atom. The smallest absolute Gasteiger partial charge is 0.322 e. The molecule has 17 heavy (non-hydrogen) atoms. The van der Waals surface area contributed by atoms with E-state index in [1.165, 1.54) is 0 Å². The van der Waals surface area contributed by atoms with Crippen LogP contribution in [0.15, 0.2) is 24.3 Å². The summed E-state index contributed by atoms with van der Waals surface area (Å²) in [5.41, 5.74) is 1.09. The lowest BCUT2D eigenvalue weighted by Crippen LogP contribution is -2.54. The van der Waals surface area contributed by atoms with Crippen molar-refractivity contribution in [1.82, 2.24) is 10.2 Å². The Balaban J connectivity index is 2.05. The third kappa shape index (κ3) is 3.19. The van der Waals surface area contributed by atoms with Gasteiger partial charge in [0, 0.05) is 31.2 Å². The first-order valence-electron chi connectivity index (χ1n) is 5.59. The quantitative estimate of drug-likeness (QED) is 0.851. The maximum absolute atomic E-state index is 11.1. The molecule has 0 spiro atoms. The molecule has 2 N–H and O–H groups in total. The van der Waals surface area contributed by atoms with Crippen molar-refractivity contribution in [2.24, 2.45) is 0 Å². The zero-order valence-corrected chi connectivity index (χ0v) is 10.2. The van der Waals surface area contributed by atoms with Crippen molar-refractivity contribution in [3.63, 3.8) is 0 Å². The van der Waals surface area contributed by atoms with E-state index in [-0.39, 0.29) is 0 Å². The molecule has 0 saturated carbocycles. The molecular weight excluding hydrogens is 240 g/mol. The molecule has 1 atom stereocenters. The fourth-order valence-corrected chi connectivity index (χ4v) is 2.13. The predicted molar refractivity (Wildman–Crippen MR) is 66.2 cm³/mol. The van der Waals surface area contributed by atoms with Crippen LogP contribution in [0.5, 0.6) is 0 Å². The summed E-state index contributed by atoms with van der Waals surface area (Å²) < 4.78 is 0. The lowest BCUT2D eigenvalue weighted by molar-refractivity contribution is -0.144. The van der Waals surface area contributed by atoms with E-state index in [1.807, 2.05) is 29.2 Å². The first kappa shape index (κ1) is 12.4. The zero-order chi connectivity index (χ0) is 12.3. The van der Waals surface area contributed by atoms with Crippen LogP contribution < -0.4 is 5.32 Å². The second-order valence-electron chi connectivity index (χ2n) is 4.16. The first-order valence-corrected chi connectivity index (χ1v) is 5.96. The highest BCUT2D eigenvalue weighted by atomic mass is 35.5. The number of hydrogen-bond acceptors (Lipinski definition) is 3. The molecule has 0 aromatic heterocycles. The molecule has 5 heteroatoms. The second-order valence-corrected chi connectivity index (χ2v) is 4.59. The highest BCUT2D eigenvalue weighted by molar-refractivity contribution is 6.30. The van der Waals surface area contributed by atoms with Crippen molar-refractivity contribution in [1.29, 1.82) is 0 Å². The lowest BCUT2D eigenvalue weighted by Gasteiger charge is -2.33. The van der Waals surface area contributed by atoms with Crippen molar-refractivity contribution in [3.8, 4) is 0 Å². The second kappa shape index (κ2) is 5.49. The molecule has 1 aliphatic rings. The van der Waals surface area contributed by atoms with Crippen LogP contribution >= 0.6 is 11.6 Å². The van der Waals surface area contributed by atoms with Crippen LogP contribution in [-0.4, -0.2) is 41.7 Å². The minimum atomic E-state index is -0.772. The van der Waals surface area contributed by atoms with Crippen molar-refractivity contribution in [2.75, 3.05) is 19.6 Å². The van der Waals surface area contributed by atoms with Crippen molar-refractivity contribution in [3.05, 3.63) is 34.9 Å². The molecule has 0 bridgehead atoms. The predicted octanol–water partition coefficient (Wildman–Crippen LogP) is 1.20. The van der Waals surface area contributed by atoms with Crippen LogP contribution in [0, 0.1) is 0 Å². The normalized spacial score (nSPS) is 21.4. The number of carboxylic acids is 1. The molecule has 2 rings (SSSR count). The molecule has 1 fully saturated rings. The Morgan fingerprint density at radius 1 is 1.47 bits per heavy atom. The Labute approximate surface area is 105 Å². The van der Waals surface area contributed by atoms with Gasteiger partial charge in [0.2, 0.25) is 0 Å². The number of nitrogens with zero attached hydrogens (tertiary/aromatic N) is 1. The van der Waals surface area contributed by atoms with E-state index in [9.17, 15) is 4.79 Å². The molecule has 0 unspecified atom stereocenters. The van der Waals surface area contributed by atoms with Crippen LogP contribution in [0.2, 0.25) is 5.02 Å². The highest BCUT2D eigenvalue weighted by Gasteiger charge is 2.27. The van der Waals surface area contributed by atoms with Crippen LogP contribution in [0.1, 0.15) is 5.56 Å². The number of halogens is 1. The molecule has 1 heterocycles. The summed E-state index contributed by atoms with van der Waals surface area (Å²) in [6, 6.07) is 7.08. The minimum Gasteiger partial charge on any atom is -0.480 e. The van der Waals surface area contributed by atoms with E-state index < -0.39 is 12.0 Å². The van der Waals surface area contributed by atoms with Gasteiger partial charge in [-0.25, -0.2) is 0 Å². The summed E-state index contributed by atoms with van der Waals surface area (Å²) in [5, 5.41) is 12.9. The van der Waals surface area contributed by atoms with Gasteiger partial charge in [-0.1, -0.05) is 23.7 Å². The highest BCUT2D eigenvalue weighted by Crippen LogP contribution is 2.14. The van der Waals surface area contributed by atoms with Gasteiger partial charge in [0.25, 0.3) is 0 Å². The average molecular weight is 255 g/mol. The molecule has 1 aromatic carbocycles. The summed E-state index contributed by atoms with van der Waals surface area (Å²) in [7, 11) is 0. The topological polar surface area (TPSA) is 52.6 Å². The first-order chi connectivity index (χ1) is 8.16. The van der Waals surface area contributed by atoms with Gasteiger partial charge in [-0.3, -0.25) is 9.69 Å². The Morgan fingerprint density at radius 2 is 2.18 bits per heavy atom. The van der Waals surface area contributed by atoms with Gasteiger partial charge in [0.05, 0.1) is 0 Å². The van der Waals surface area contributed by atoms with E-state index in [2.05, 4.69) is 5.32 Å². The van der Waals surface area contributed by atoms with Gasteiger partial charge >= 0.3 is 5.97 Å². The van der Waals surface area contributed by atoms with Gasteiger partial charge in [0.15, 0.2) is 0 Å². The number of rotatable bonds is 3. The molecule has 0 amide bonds. The Bertz CT molecular complexity index is 394. The summed E-state index contributed by atoms with van der Waals surface area (Å²) in [4.78, 5) is 13.1. The van der Waals surface area contributed by atoms with Gasteiger partial charge in [0.1, 0.15) is 6.04 Å². The lowest BCUT2D eigenvalue weighted by atomic mass is 10.1. The Hall–Kier alpha value is -1.10. The largest absolute Gasteiger partial charge is 0.480 e. The zero-order valence-electron chi connectivity index (χ0n) is 9.40. The number of aliphatic carboxylic acids is 1. The van der Waals surface area contributed by atoms with Crippen LogP contribution in [0.25, 0.3) is 0 Å². The van der Waals surface area contributed by atoms with Gasteiger partial charge in [-0.15, -0.1) is 0 Å². The van der Waals surface area contributed by atoms with Gasteiger partial charge in [-0.05, 0) is 17.7 Å². The molecule has 1 saturated heterocycles. The number of benzene rings is 1. The monoisotopic (exact) mass is 254 g/mol. The third-order valence-corrected chi connectivity index (χ3v) is 3.19. The summed E-state index contributed by atoms with van der Waals surface area (Å²) in [5.74, 6) is -0.772. The van der Waals surface area contributed by atoms with Crippen LogP contribution in [-0.2, 0) is 11.3 Å². The van der Waals surface area contributed by atoms with E-state index >= 15 is 0 Å². The van der Waals surface area contributed by atoms with E-state index in [1.54, 1.807) is 0 Å². The van der Waals surface area contributed by atoms with Crippen LogP contribution in [0.4, 0.5) is 0 Å². The number of hydrogen-bond donors (Lipinski definition) is 2. The summed E-state index contributed by atoms with van der Waals surface area (Å²) >= 11 is 5.82. The Kier molecular flexibility index (Phi) is 3.99. The molecule has 92 valence electrons. The van der Waals surface area contributed by atoms with E-state index in [0.29, 0.717) is 18.1 Å². The molecule has 1 aromatic rings. The van der Waals surface area contributed by atoms with Gasteiger partial charge < -0.3 is 10.4 Å². The summed E-state index contributed by atoms with van der Waals surface area (Å²) in [6.07, 6.45) is 0.